The van der Waals surface area contributed by atoms with E-state index in [1.54, 1.807) is 18.3 Å². The number of methoxy groups -OCH3 is 1. The fourth-order valence-corrected chi connectivity index (χ4v) is 3.21. The molecule has 162 valence electrons. The predicted octanol–water partition coefficient (Wildman–Crippen LogP) is 3.67. The fourth-order valence-electron chi connectivity index (χ4n) is 3.21. The Morgan fingerprint density at radius 3 is 2.48 bits per heavy atom. The number of nitrogens with one attached hydrogen (secondary N) is 2. The first kappa shape index (κ1) is 21.9. The number of esters is 1. The smallest absolute Gasteiger partial charge is 0.396 e. The second-order valence-electron chi connectivity index (χ2n) is 7.36. The number of aryl methyl sites for hydroxylation is 2. The highest BCUT2D eigenvalue weighted by Crippen LogP contribution is 2.33. The number of amides is 1. The molecule has 3 aromatic rings. The summed E-state index contributed by atoms with van der Waals surface area (Å²) in [5.41, 5.74) is 3.26. The quantitative estimate of drug-likeness (QED) is 0.455. The molecule has 3 rings (SSSR count). The summed E-state index contributed by atoms with van der Waals surface area (Å²) in [7, 11) is 1.15. The lowest BCUT2D eigenvalue weighted by Crippen LogP contribution is -2.25. The first-order chi connectivity index (χ1) is 14.8. The molecule has 2 N–H and O–H groups in total. The summed E-state index contributed by atoms with van der Waals surface area (Å²) < 4.78 is 9.77. The topological polar surface area (TPSA) is 119 Å². The van der Waals surface area contributed by atoms with Crippen LogP contribution in [0.15, 0.2) is 41.1 Å². The van der Waals surface area contributed by atoms with Crippen molar-refractivity contribution in [1.82, 2.24) is 15.1 Å². The lowest BCUT2D eigenvalue weighted by molar-refractivity contribution is -0.150. The zero-order valence-electron chi connectivity index (χ0n) is 18.1. The van der Waals surface area contributed by atoms with E-state index in [2.05, 4.69) is 39.4 Å². The lowest BCUT2D eigenvalue weighted by Gasteiger charge is -2.24. The largest absolute Gasteiger partial charge is 0.462 e. The van der Waals surface area contributed by atoms with Gasteiger partial charge in [0.2, 0.25) is 0 Å². The highest BCUT2D eigenvalue weighted by Gasteiger charge is 2.23. The zero-order chi connectivity index (χ0) is 22.5. The molecule has 0 radical (unpaired) electrons. The SMILES string of the molecule is COC(=O)C(=O)Nc1ccc(-c2c(C)noc2C)nc1N[C@H](c1ccccn1)C(C)C. The van der Waals surface area contributed by atoms with Crippen LogP contribution in [-0.4, -0.2) is 34.1 Å². The minimum atomic E-state index is -0.995. The summed E-state index contributed by atoms with van der Waals surface area (Å²) in [6.45, 7) is 7.74. The van der Waals surface area contributed by atoms with E-state index in [1.807, 2.05) is 32.0 Å². The minimum Gasteiger partial charge on any atom is -0.462 e. The molecule has 9 nitrogen and oxygen atoms in total. The molecule has 0 saturated heterocycles. The molecule has 0 unspecified atom stereocenters. The summed E-state index contributed by atoms with van der Waals surface area (Å²) in [6, 6.07) is 8.89. The van der Waals surface area contributed by atoms with E-state index in [0.717, 1.165) is 18.4 Å². The van der Waals surface area contributed by atoms with Crippen LogP contribution >= 0.6 is 0 Å². The van der Waals surface area contributed by atoms with Gasteiger partial charge in [0.25, 0.3) is 0 Å². The van der Waals surface area contributed by atoms with Gasteiger partial charge in [-0.3, -0.25) is 9.78 Å². The number of carbonyl (C=O) groups excluding carboxylic acids is 2. The molecular formula is C22H25N5O4. The van der Waals surface area contributed by atoms with Crippen molar-refractivity contribution < 1.29 is 18.8 Å². The van der Waals surface area contributed by atoms with E-state index in [0.29, 0.717) is 28.7 Å². The van der Waals surface area contributed by atoms with Crippen molar-refractivity contribution in [3.63, 3.8) is 0 Å². The number of aromatic nitrogens is 3. The fraction of sp³-hybridized carbons (Fsp3) is 0.318. The van der Waals surface area contributed by atoms with E-state index in [-0.39, 0.29) is 12.0 Å². The first-order valence-corrected chi connectivity index (χ1v) is 9.82. The van der Waals surface area contributed by atoms with Gasteiger partial charge < -0.3 is 19.9 Å². The number of nitrogens with zero attached hydrogens (tertiary/aromatic N) is 3. The number of pyridine rings is 2. The lowest BCUT2D eigenvalue weighted by atomic mass is 10.00. The summed E-state index contributed by atoms with van der Waals surface area (Å²) in [6.07, 6.45) is 1.72. The Morgan fingerprint density at radius 1 is 1.13 bits per heavy atom. The minimum absolute atomic E-state index is 0.156. The summed E-state index contributed by atoms with van der Waals surface area (Å²) >= 11 is 0. The van der Waals surface area contributed by atoms with Crippen molar-refractivity contribution in [3.8, 4) is 11.3 Å². The highest BCUT2D eigenvalue weighted by atomic mass is 16.5. The Hall–Kier alpha value is -3.75. The van der Waals surface area contributed by atoms with Crippen molar-refractivity contribution in [1.29, 1.82) is 0 Å². The maximum Gasteiger partial charge on any atom is 0.396 e. The maximum absolute atomic E-state index is 12.1. The molecule has 0 aliphatic rings. The maximum atomic E-state index is 12.1. The Labute approximate surface area is 180 Å². The third-order valence-corrected chi connectivity index (χ3v) is 4.77. The van der Waals surface area contributed by atoms with Gasteiger partial charge in [0.15, 0.2) is 5.82 Å². The molecule has 0 aliphatic heterocycles. The van der Waals surface area contributed by atoms with Crippen LogP contribution in [-0.2, 0) is 14.3 Å². The molecule has 0 spiro atoms. The number of rotatable bonds is 6. The van der Waals surface area contributed by atoms with E-state index >= 15 is 0 Å². The third-order valence-electron chi connectivity index (χ3n) is 4.77. The van der Waals surface area contributed by atoms with E-state index in [4.69, 9.17) is 9.51 Å². The summed E-state index contributed by atoms with van der Waals surface area (Å²) in [5, 5.41) is 9.92. The van der Waals surface area contributed by atoms with E-state index in [9.17, 15) is 9.59 Å². The predicted molar refractivity (Wildman–Crippen MR) is 115 cm³/mol. The van der Waals surface area contributed by atoms with Crippen LogP contribution in [0.25, 0.3) is 11.3 Å². The van der Waals surface area contributed by atoms with Crippen LogP contribution in [0.5, 0.6) is 0 Å². The monoisotopic (exact) mass is 423 g/mol. The average molecular weight is 423 g/mol. The van der Waals surface area contributed by atoms with Crippen LogP contribution in [0.3, 0.4) is 0 Å². The average Bonchev–Trinajstić information content (AvgIpc) is 3.10. The summed E-state index contributed by atoms with van der Waals surface area (Å²) in [4.78, 5) is 32.9. The van der Waals surface area contributed by atoms with Gasteiger partial charge in [-0.1, -0.05) is 25.1 Å². The van der Waals surface area contributed by atoms with E-state index < -0.39 is 11.9 Å². The van der Waals surface area contributed by atoms with E-state index in [1.165, 1.54) is 0 Å². The Bertz CT molecular complexity index is 1060. The molecular weight excluding hydrogens is 398 g/mol. The number of carbonyl (C=O) groups is 2. The van der Waals surface area contributed by atoms with Crippen LogP contribution in [0.4, 0.5) is 11.5 Å². The van der Waals surface area contributed by atoms with Crippen LogP contribution < -0.4 is 10.6 Å². The Balaban J connectivity index is 2.05. The van der Waals surface area contributed by atoms with Gasteiger partial charge in [-0.05, 0) is 44.0 Å². The number of ether oxygens (including phenoxy) is 1. The molecule has 9 heteroatoms. The highest BCUT2D eigenvalue weighted by molar-refractivity contribution is 6.37. The van der Waals surface area contributed by atoms with Gasteiger partial charge in [-0.25, -0.2) is 9.78 Å². The number of hydrogen-bond donors (Lipinski definition) is 2. The molecule has 0 fully saturated rings. The van der Waals surface area contributed by atoms with Gasteiger partial charge in [0.05, 0.1) is 41.5 Å². The van der Waals surface area contributed by atoms with Gasteiger partial charge in [0.1, 0.15) is 5.76 Å². The molecule has 3 heterocycles. The molecule has 0 saturated carbocycles. The van der Waals surface area contributed by atoms with Gasteiger partial charge in [-0.2, -0.15) is 0 Å². The molecule has 3 aromatic heterocycles. The van der Waals surface area contributed by atoms with Crippen molar-refractivity contribution in [3.05, 3.63) is 53.7 Å². The first-order valence-electron chi connectivity index (χ1n) is 9.82. The van der Waals surface area contributed by atoms with Crippen molar-refractivity contribution in [2.45, 2.75) is 33.7 Å². The van der Waals surface area contributed by atoms with Crippen molar-refractivity contribution >= 4 is 23.4 Å². The van der Waals surface area contributed by atoms with Crippen LogP contribution in [0.2, 0.25) is 0 Å². The normalized spacial score (nSPS) is 11.8. The third kappa shape index (κ3) is 4.88. The molecule has 0 aromatic carbocycles. The molecule has 0 bridgehead atoms. The number of anilines is 2. The van der Waals surface area contributed by atoms with Gasteiger partial charge in [-0.15, -0.1) is 0 Å². The standard InChI is InChI=1S/C22H25N5O4/c1-12(2)19(16-8-6-7-11-23-16)26-20-17(25-21(28)22(29)30-5)10-9-15(24-20)18-13(3)27-31-14(18)4/h6-12,19H,1-5H3,(H,24,26)(H,25,28)/t19-/m0/s1. The second-order valence-corrected chi connectivity index (χ2v) is 7.36. The van der Waals surface area contributed by atoms with Crippen LogP contribution in [0.1, 0.15) is 37.0 Å². The molecule has 0 aliphatic carbocycles. The van der Waals surface area contributed by atoms with Gasteiger partial charge in [0, 0.05) is 6.20 Å². The Morgan fingerprint density at radius 2 is 1.90 bits per heavy atom. The molecule has 31 heavy (non-hydrogen) atoms. The molecule has 1 amide bonds. The zero-order valence-corrected chi connectivity index (χ0v) is 18.1. The van der Waals surface area contributed by atoms with Crippen molar-refractivity contribution in [2.75, 3.05) is 17.7 Å². The molecule has 1 atom stereocenters. The van der Waals surface area contributed by atoms with Gasteiger partial charge >= 0.3 is 11.9 Å². The second kappa shape index (κ2) is 9.38. The summed E-state index contributed by atoms with van der Waals surface area (Å²) in [5.74, 6) is -0.711. The number of hydrogen-bond acceptors (Lipinski definition) is 8. The van der Waals surface area contributed by atoms with Crippen molar-refractivity contribution in [2.24, 2.45) is 5.92 Å². The Kier molecular flexibility index (Phi) is 6.64. The van der Waals surface area contributed by atoms with Crippen LogP contribution in [0, 0.1) is 19.8 Å².